The molecular weight excluding hydrogens is 282 g/mol. The number of hydrogen-bond donors (Lipinski definition) is 0. The van der Waals surface area contributed by atoms with E-state index in [9.17, 15) is 18.0 Å². The van der Waals surface area contributed by atoms with Crippen LogP contribution in [0.3, 0.4) is 0 Å². The Morgan fingerprint density at radius 1 is 1.30 bits per heavy atom. The van der Waals surface area contributed by atoms with Crippen LogP contribution in [0.15, 0.2) is 0 Å². The number of Topliss-reactive ketones (excluding diaryl/α,β-unsaturated/α-hetero) is 1. The van der Waals surface area contributed by atoms with Gasteiger partial charge in [-0.1, -0.05) is 6.42 Å². The van der Waals surface area contributed by atoms with Gasteiger partial charge in [-0.2, -0.15) is 4.31 Å². The fourth-order valence-corrected chi connectivity index (χ4v) is 4.87. The third-order valence-electron chi connectivity index (χ3n) is 4.20. The van der Waals surface area contributed by atoms with E-state index in [1.807, 2.05) is 0 Å². The van der Waals surface area contributed by atoms with E-state index in [2.05, 4.69) is 4.74 Å². The minimum Gasteiger partial charge on any atom is -0.468 e. The first-order valence-electron chi connectivity index (χ1n) is 7.05. The molecule has 2 atom stereocenters. The quantitative estimate of drug-likeness (QED) is 0.715. The van der Waals surface area contributed by atoms with Crippen molar-refractivity contribution < 1.29 is 22.7 Å². The fourth-order valence-electron chi connectivity index (χ4n) is 3.22. The Hall–Kier alpha value is -0.950. The minimum absolute atomic E-state index is 0.168. The third kappa shape index (κ3) is 3.20. The van der Waals surface area contributed by atoms with Crippen LogP contribution in [0, 0.1) is 5.92 Å². The molecule has 6 nitrogen and oxygen atoms in total. The summed E-state index contributed by atoms with van der Waals surface area (Å²) in [6.45, 7) is 0.397. The number of carbonyl (C=O) groups is 2. The number of methoxy groups -OCH3 is 1. The zero-order valence-corrected chi connectivity index (χ0v) is 12.5. The van der Waals surface area contributed by atoms with Crippen molar-refractivity contribution >= 4 is 21.8 Å². The average molecular weight is 303 g/mol. The highest BCUT2D eigenvalue weighted by Crippen LogP contribution is 2.34. The highest BCUT2D eigenvalue weighted by atomic mass is 32.2. The van der Waals surface area contributed by atoms with Gasteiger partial charge in [0.15, 0.2) is 5.75 Å². The Labute approximate surface area is 119 Å². The summed E-state index contributed by atoms with van der Waals surface area (Å²) in [6.07, 6.45) is 4.63. The number of hydrogen-bond acceptors (Lipinski definition) is 5. The molecule has 20 heavy (non-hydrogen) atoms. The summed E-state index contributed by atoms with van der Waals surface area (Å²) in [4.78, 5) is 23.3. The van der Waals surface area contributed by atoms with Gasteiger partial charge in [-0.15, -0.1) is 0 Å². The summed E-state index contributed by atoms with van der Waals surface area (Å²) < 4.78 is 30.3. The van der Waals surface area contributed by atoms with Gasteiger partial charge in [0.1, 0.15) is 5.78 Å². The second-order valence-corrected chi connectivity index (χ2v) is 7.39. The maximum Gasteiger partial charge on any atom is 0.322 e. The van der Waals surface area contributed by atoms with Crippen LogP contribution in [0.1, 0.15) is 38.5 Å². The van der Waals surface area contributed by atoms with E-state index in [1.54, 1.807) is 0 Å². The molecule has 114 valence electrons. The molecule has 1 aliphatic heterocycles. The van der Waals surface area contributed by atoms with Crippen LogP contribution in [-0.2, 0) is 24.3 Å². The van der Waals surface area contributed by atoms with Crippen molar-refractivity contribution in [2.24, 2.45) is 5.92 Å². The maximum absolute atomic E-state index is 12.3. The molecule has 0 aromatic heterocycles. The lowest BCUT2D eigenvalue weighted by Gasteiger charge is -2.32. The largest absolute Gasteiger partial charge is 0.468 e. The van der Waals surface area contributed by atoms with E-state index in [4.69, 9.17) is 0 Å². The Kier molecular flexibility index (Phi) is 4.80. The van der Waals surface area contributed by atoms with Gasteiger partial charge in [-0.05, 0) is 25.7 Å². The lowest BCUT2D eigenvalue weighted by atomic mass is 9.82. The van der Waals surface area contributed by atoms with Crippen molar-refractivity contribution in [2.45, 2.75) is 44.6 Å². The Morgan fingerprint density at radius 2 is 2.05 bits per heavy atom. The molecule has 1 heterocycles. The van der Waals surface area contributed by atoms with Crippen LogP contribution in [0.25, 0.3) is 0 Å². The third-order valence-corrected chi connectivity index (χ3v) is 5.97. The van der Waals surface area contributed by atoms with Gasteiger partial charge in [0.2, 0.25) is 10.0 Å². The number of carbonyl (C=O) groups excluding carboxylic acids is 2. The Morgan fingerprint density at radius 3 is 2.70 bits per heavy atom. The van der Waals surface area contributed by atoms with Crippen LogP contribution in [0.4, 0.5) is 0 Å². The zero-order chi connectivity index (χ0) is 14.8. The predicted molar refractivity (Wildman–Crippen MR) is 72.5 cm³/mol. The number of ether oxygens (including phenoxy) is 1. The fraction of sp³-hybridized carbons (Fsp3) is 0.846. The summed E-state index contributed by atoms with van der Waals surface area (Å²) in [5, 5.41) is 0. The van der Waals surface area contributed by atoms with E-state index in [1.165, 1.54) is 11.4 Å². The maximum atomic E-state index is 12.3. The molecule has 0 radical (unpaired) electrons. The van der Waals surface area contributed by atoms with E-state index in [-0.39, 0.29) is 17.7 Å². The highest BCUT2D eigenvalue weighted by Gasteiger charge is 2.42. The second-order valence-electron chi connectivity index (χ2n) is 5.47. The molecular formula is C13H21NO5S. The van der Waals surface area contributed by atoms with E-state index < -0.39 is 21.7 Å². The number of ketones is 1. The molecule has 2 fully saturated rings. The van der Waals surface area contributed by atoms with Crippen LogP contribution in [0.5, 0.6) is 0 Å². The SMILES string of the molecule is COC(=O)CS(=O)(=O)N1CCCC1C1CCCCC1=O. The van der Waals surface area contributed by atoms with Crippen molar-refractivity contribution in [3.05, 3.63) is 0 Å². The van der Waals surface area contributed by atoms with Gasteiger partial charge in [-0.25, -0.2) is 8.42 Å². The monoisotopic (exact) mass is 303 g/mol. The molecule has 0 amide bonds. The number of esters is 1. The predicted octanol–water partition coefficient (Wildman–Crippen LogP) is 0.713. The highest BCUT2D eigenvalue weighted by molar-refractivity contribution is 7.89. The zero-order valence-electron chi connectivity index (χ0n) is 11.7. The molecule has 0 aromatic carbocycles. The first-order valence-corrected chi connectivity index (χ1v) is 8.65. The molecule has 2 rings (SSSR count). The summed E-state index contributed by atoms with van der Waals surface area (Å²) >= 11 is 0. The van der Waals surface area contributed by atoms with Gasteiger partial charge in [-0.3, -0.25) is 9.59 Å². The van der Waals surface area contributed by atoms with E-state index in [0.717, 1.165) is 25.7 Å². The molecule has 0 aromatic rings. The van der Waals surface area contributed by atoms with Crippen LogP contribution in [0.2, 0.25) is 0 Å². The summed E-state index contributed by atoms with van der Waals surface area (Å²) in [6, 6.07) is -0.266. The molecule has 0 bridgehead atoms. The summed E-state index contributed by atoms with van der Waals surface area (Å²) in [5.74, 6) is -1.42. The van der Waals surface area contributed by atoms with Gasteiger partial charge in [0.25, 0.3) is 0 Å². The number of rotatable bonds is 4. The standard InChI is InChI=1S/C13H21NO5S/c1-19-13(16)9-20(17,18)14-8-4-6-11(14)10-5-2-3-7-12(10)15/h10-11H,2-9H2,1H3. The van der Waals surface area contributed by atoms with Gasteiger partial charge in [0.05, 0.1) is 7.11 Å². The molecule has 0 spiro atoms. The Balaban J connectivity index is 2.14. The van der Waals surface area contributed by atoms with Crippen molar-refractivity contribution in [1.82, 2.24) is 4.31 Å². The number of sulfonamides is 1. The van der Waals surface area contributed by atoms with Gasteiger partial charge >= 0.3 is 5.97 Å². The van der Waals surface area contributed by atoms with Crippen molar-refractivity contribution in [3.8, 4) is 0 Å². The Bertz CT molecular complexity index is 487. The molecule has 1 saturated carbocycles. The van der Waals surface area contributed by atoms with Gasteiger partial charge < -0.3 is 4.74 Å². The average Bonchev–Trinajstić information content (AvgIpc) is 2.88. The van der Waals surface area contributed by atoms with Crippen LogP contribution in [-0.4, -0.2) is 49.9 Å². The smallest absolute Gasteiger partial charge is 0.322 e. The second kappa shape index (κ2) is 6.22. The normalized spacial score (nSPS) is 28.6. The molecule has 1 aliphatic carbocycles. The first-order chi connectivity index (χ1) is 9.45. The lowest BCUT2D eigenvalue weighted by Crippen LogP contribution is -2.45. The van der Waals surface area contributed by atoms with Crippen molar-refractivity contribution in [1.29, 1.82) is 0 Å². The molecule has 7 heteroatoms. The topological polar surface area (TPSA) is 80.8 Å². The molecule has 2 aliphatic rings. The number of nitrogens with zero attached hydrogens (tertiary/aromatic N) is 1. The van der Waals surface area contributed by atoms with Crippen LogP contribution < -0.4 is 0 Å². The molecule has 2 unspecified atom stereocenters. The van der Waals surface area contributed by atoms with E-state index >= 15 is 0 Å². The van der Waals surface area contributed by atoms with E-state index in [0.29, 0.717) is 19.4 Å². The lowest BCUT2D eigenvalue weighted by molar-refractivity contribution is -0.137. The van der Waals surface area contributed by atoms with Crippen molar-refractivity contribution in [3.63, 3.8) is 0 Å². The minimum atomic E-state index is -3.69. The van der Waals surface area contributed by atoms with Crippen LogP contribution >= 0.6 is 0 Å². The molecule has 0 N–H and O–H groups in total. The summed E-state index contributed by atoms with van der Waals surface area (Å²) in [7, 11) is -2.52. The van der Waals surface area contributed by atoms with Gasteiger partial charge in [0, 0.05) is 24.9 Å². The molecule has 1 saturated heterocycles. The van der Waals surface area contributed by atoms with Crippen molar-refractivity contribution in [2.75, 3.05) is 19.4 Å². The summed E-state index contributed by atoms with van der Waals surface area (Å²) in [5.41, 5.74) is 0. The first kappa shape index (κ1) is 15.4.